The fraction of sp³-hybridized carbons (Fsp3) is 1.00. The molecular formula is C12H30O2S4Si2. The van der Waals surface area contributed by atoms with Crippen molar-refractivity contribution in [2.75, 3.05) is 24.7 Å². The first-order valence-electron chi connectivity index (χ1n) is 7.18. The standard InChI is InChI=1S/C12H30O2S4Si2/c1-7-13-19(3,4)11-9-15-17-18-16-10-12-20(5,6)14-8-2/h7-12H2,1-6H3. The van der Waals surface area contributed by atoms with E-state index in [1.165, 1.54) is 23.6 Å². The molecule has 0 amide bonds. The number of rotatable bonds is 13. The van der Waals surface area contributed by atoms with Crippen LogP contribution in [0, 0.1) is 0 Å². The summed E-state index contributed by atoms with van der Waals surface area (Å²) in [6.07, 6.45) is 0. The molecule has 0 N–H and O–H groups in total. The zero-order chi connectivity index (χ0) is 15.5. The van der Waals surface area contributed by atoms with E-state index in [-0.39, 0.29) is 0 Å². The van der Waals surface area contributed by atoms with Gasteiger partial charge in [-0.05, 0) is 71.8 Å². The Morgan fingerprint density at radius 1 is 0.700 bits per heavy atom. The highest BCUT2D eigenvalue weighted by Gasteiger charge is 2.22. The minimum atomic E-state index is -1.37. The molecule has 0 radical (unpaired) electrons. The van der Waals surface area contributed by atoms with E-state index in [4.69, 9.17) is 8.85 Å². The molecular weight excluding hydrogens is 361 g/mol. The number of hydrogen-bond donors (Lipinski definition) is 0. The summed E-state index contributed by atoms with van der Waals surface area (Å²) in [4.78, 5) is 0. The molecule has 0 bridgehead atoms. The summed E-state index contributed by atoms with van der Waals surface area (Å²) < 4.78 is 11.7. The molecule has 122 valence electrons. The van der Waals surface area contributed by atoms with Crippen LogP contribution in [0.2, 0.25) is 38.3 Å². The van der Waals surface area contributed by atoms with E-state index < -0.39 is 16.6 Å². The van der Waals surface area contributed by atoms with Crippen molar-refractivity contribution in [3.8, 4) is 0 Å². The van der Waals surface area contributed by atoms with Gasteiger partial charge in [0.2, 0.25) is 0 Å². The van der Waals surface area contributed by atoms with Crippen molar-refractivity contribution < 1.29 is 8.85 Å². The predicted molar refractivity (Wildman–Crippen MR) is 108 cm³/mol. The largest absolute Gasteiger partial charge is 0.418 e. The van der Waals surface area contributed by atoms with Gasteiger partial charge in [-0.2, -0.15) is 0 Å². The average molecular weight is 391 g/mol. The van der Waals surface area contributed by atoms with E-state index in [1.54, 1.807) is 0 Å². The smallest absolute Gasteiger partial charge is 0.187 e. The lowest BCUT2D eigenvalue weighted by Crippen LogP contribution is -2.30. The molecule has 0 aromatic heterocycles. The first-order valence-corrected chi connectivity index (χ1v) is 18.6. The van der Waals surface area contributed by atoms with Crippen LogP contribution in [0.1, 0.15) is 13.8 Å². The Balaban J connectivity index is 3.41. The Labute approximate surface area is 143 Å². The predicted octanol–water partition coefficient (Wildman–Crippen LogP) is 6.15. The molecule has 8 heteroatoms. The summed E-state index contributed by atoms with van der Waals surface area (Å²) >= 11 is 0. The maximum Gasteiger partial charge on any atom is 0.187 e. The quantitative estimate of drug-likeness (QED) is 0.212. The van der Waals surface area contributed by atoms with Crippen LogP contribution in [-0.2, 0) is 8.85 Å². The Morgan fingerprint density at radius 2 is 1.05 bits per heavy atom. The molecule has 0 aromatic rings. The number of hydrogen-bond acceptors (Lipinski definition) is 6. The third kappa shape index (κ3) is 13.4. The molecule has 0 fully saturated rings. The van der Waals surface area contributed by atoms with Crippen LogP contribution < -0.4 is 0 Å². The zero-order valence-electron chi connectivity index (χ0n) is 13.7. The first kappa shape index (κ1) is 21.8. The normalized spacial score (nSPS) is 12.9. The molecule has 20 heavy (non-hydrogen) atoms. The maximum absolute atomic E-state index is 5.83. The third-order valence-electron chi connectivity index (χ3n) is 2.77. The Hall–Kier alpha value is 1.75. The Bertz CT molecular complexity index is 219. The van der Waals surface area contributed by atoms with Crippen LogP contribution in [0.25, 0.3) is 0 Å². The second-order valence-electron chi connectivity index (χ2n) is 5.67. The van der Waals surface area contributed by atoms with E-state index in [0.717, 1.165) is 13.2 Å². The molecule has 0 spiro atoms. The van der Waals surface area contributed by atoms with E-state index in [2.05, 4.69) is 40.0 Å². The summed E-state index contributed by atoms with van der Waals surface area (Å²) in [5.41, 5.74) is 0. The lowest BCUT2D eigenvalue weighted by molar-refractivity contribution is 0.330. The van der Waals surface area contributed by atoms with Crippen molar-refractivity contribution in [1.82, 2.24) is 0 Å². The summed E-state index contributed by atoms with van der Waals surface area (Å²) in [6.45, 7) is 15.1. The van der Waals surface area contributed by atoms with Crippen LogP contribution in [0.5, 0.6) is 0 Å². The Morgan fingerprint density at radius 3 is 1.35 bits per heavy atom. The molecule has 0 aliphatic carbocycles. The van der Waals surface area contributed by atoms with E-state index in [0.29, 0.717) is 0 Å². The van der Waals surface area contributed by atoms with Crippen LogP contribution in [0.4, 0.5) is 0 Å². The highest BCUT2D eigenvalue weighted by molar-refractivity contribution is 9.26. The van der Waals surface area contributed by atoms with E-state index in [9.17, 15) is 0 Å². The lowest BCUT2D eigenvalue weighted by Gasteiger charge is -2.21. The fourth-order valence-electron chi connectivity index (χ4n) is 1.61. The molecule has 2 nitrogen and oxygen atoms in total. The van der Waals surface area contributed by atoms with Crippen LogP contribution in [0.15, 0.2) is 0 Å². The average Bonchev–Trinajstić information content (AvgIpc) is 2.32. The van der Waals surface area contributed by atoms with Gasteiger partial charge in [0.25, 0.3) is 0 Å². The van der Waals surface area contributed by atoms with Gasteiger partial charge in [0, 0.05) is 24.7 Å². The van der Waals surface area contributed by atoms with Gasteiger partial charge in [-0.15, -0.1) is 0 Å². The SMILES string of the molecule is CCO[Si](C)(C)CCSSSSCC[Si](C)(C)OCC. The molecule has 0 unspecified atom stereocenters. The maximum atomic E-state index is 5.83. The van der Waals surface area contributed by atoms with Crippen LogP contribution in [-0.4, -0.2) is 41.4 Å². The van der Waals surface area contributed by atoms with Gasteiger partial charge >= 0.3 is 0 Å². The Kier molecular flexibility index (Phi) is 13.3. The molecule has 0 heterocycles. The van der Waals surface area contributed by atoms with Crippen molar-refractivity contribution in [2.45, 2.75) is 52.1 Å². The van der Waals surface area contributed by atoms with Crippen molar-refractivity contribution in [3.63, 3.8) is 0 Å². The van der Waals surface area contributed by atoms with Gasteiger partial charge in [-0.25, -0.2) is 0 Å². The zero-order valence-corrected chi connectivity index (χ0v) is 19.0. The van der Waals surface area contributed by atoms with Gasteiger partial charge in [0.15, 0.2) is 16.6 Å². The molecule has 0 aliphatic heterocycles. The molecule has 0 saturated heterocycles. The third-order valence-corrected chi connectivity index (χ3v) is 15.0. The summed E-state index contributed by atoms with van der Waals surface area (Å²) in [6, 6.07) is 2.49. The van der Waals surface area contributed by atoms with Gasteiger partial charge in [0.05, 0.1) is 0 Å². The topological polar surface area (TPSA) is 18.5 Å². The van der Waals surface area contributed by atoms with E-state index in [1.807, 2.05) is 41.2 Å². The molecule has 0 saturated carbocycles. The second kappa shape index (κ2) is 12.2. The molecule has 0 rings (SSSR count). The van der Waals surface area contributed by atoms with Gasteiger partial charge in [0.1, 0.15) is 0 Å². The minimum Gasteiger partial charge on any atom is -0.418 e. The lowest BCUT2D eigenvalue weighted by atomic mass is 10.9. The van der Waals surface area contributed by atoms with Gasteiger partial charge in [-0.3, -0.25) is 0 Å². The molecule has 0 aliphatic rings. The van der Waals surface area contributed by atoms with Crippen LogP contribution in [0.3, 0.4) is 0 Å². The van der Waals surface area contributed by atoms with Crippen molar-refractivity contribution in [3.05, 3.63) is 0 Å². The van der Waals surface area contributed by atoms with Crippen molar-refractivity contribution in [2.24, 2.45) is 0 Å². The van der Waals surface area contributed by atoms with Crippen molar-refractivity contribution >= 4 is 57.9 Å². The van der Waals surface area contributed by atoms with Crippen LogP contribution >= 0.6 is 41.2 Å². The minimum absolute atomic E-state index is 0.862. The molecule has 0 atom stereocenters. The highest BCUT2D eigenvalue weighted by atomic mass is 33.7. The monoisotopic (exact) mass is 390 g/mol. The highest BCUT2D eigenvalue weighted by Crippen LogP contribution is 2.44. The fourth-order valence-corrected chi connectivity index (χ4v) is 14.5. The van der Waals surface area contributed by atoms with Gasteiger partial charge < -0.3 is 8.85 Å². The van der Waals surface area contributed by atoms with Crippen molar-refractivity contribution in [1.29, 1.82) is 0 Å². The summed E-state index contributed by atoms with van der Waals surface area (Å²) in [5, 5.41) is 0. The first-order chi connectivity index (χ1) is 9.33. The second-order valence-corrected chi connectivity index (χ2v) is 20.5. The van der Waals surface area contributed by atoms with Gasteiger partial charge in [-0.1, -0.05) is 21.6 Å². The van der Waals surface area contributed by atoms with E-state index >= 15 is 0 Å². The summed E-state index contributed by atoms with van der Waals surface area (Å²) in [7, 11) is 5.01. The summed E-state index contributed by atoms with van der Waals surface area (Å²) in [5.74, 6) is 2.41. The molecule has 0 aromatic carbocycles.